The summed E-state index contributed by atoms with van der Waals surface area (Å²) >= 11 is 6.46. The third-order valence-electron chi connectivity index (χ3n) is 5.66. The van der Waals surface area contributed by atoms with E-state index in [0.717, 1.165) is 42.1 Å². The smallest absolute Gasteiger partial charge is 0.226 e. The van der Waals surface area contributed by atoms with Gasteiger partial charge in [0.05, 0.1) is 23.5 Å². The third kappa shape index (κ3) is 6.42. The SMILES string of the molecule is CC(C)COc1ccc(CN(Cc2ccc(F)cc2)c2ncc(Cl)c(C3CCNC3)n2)cc1. The van der Waals surface area contributed by atoms with Crippen LogP contribution in [0.15, 0.2) is 54.7 Å². The standard InChI is InChI=1S/C26H30ClFN4O/c1-18(2)17-33-23-9-5-20(6-10-23)16-32(15-19-3-7-22(28)8-4-19)26-30-14-24(27)25(31-26)21-11-12-29-13-21/h3-10,14,18,21,29H,11-13,15-17H2,1-2H3. The van der Waals surface area contributed by atoms with Crippen molar-refractivity contribution in [3.05, 3.63) is 82.4 Å². The van der Waals surface area contributed by atoms with Gasteiger partial charge in [-0.15, -0.1) is 0 Å². The number of ether oxygens (including phenoxy) is 1. The largest absolute Gasteiger partial charge is 0.493 e. The van der Waals surface area contributed by atoms with E-state index in [1.807, 2.05) is 12.1 Å². The van der Waals surface area contributed by atoms with E-state index < -0.39 is 0 Å². The second kappa shape index (κ2) is 10.9. The van der Waals surface area contributed by atoms with Gasteiger partial charge in [0.2, 0.25) is 5.95 Å². The Kier molecular flexibility index (Phi) is 7.78. The molecule has 1 saturated heterocycles. The lowest BCUT2D eigenvalue weighted by atomic mass is 10.0. The summed E-state index contributed by atoms with van der Waals surface area (Å²) in [6.07, 6.45) is 2.70. The number of nitrogens with zero attached hydrogens (tertiary/aromatic N) is 3. The Hall–Kier alpha value is -2.70. The van der Waals surface area contributed by atoms with E-state index in [2.05, 4.69) is 41.2 Å². The van der Waals surface area contributed by atoms with Gasteiger partial charge in [0, 0.05) is 25.6 Å². The van der Waals surface area contributed by atoms with E-state index in [9.17, 15) is 4.39 Å². The Balaban J connectivity index is 1.58. The number of hydrogen-bond acceptors (Lipinski definition) is 5. The highest BCUT2D eigenvalue weighted by Crippen LogP contribution is 2.29. The molecular formula is C26H30ClFN4O. The fourth-order valence-electron chi connectivity index (χ4n) is 3.88. The summed E-state index contributed by atoms with van der Waals surface area (Å²) < 4.78 is 19.3. The molecule has 2 heterocycles. The molecule has 0 amide bonds. The number of hydrogen-bond donors (Lipinski definition) is 1. The Morgan fingerprint density at radius 2 is 1.76 bits per heavy atom. The van der Waals surface area contributed by atoms with Crippen molar-refractivity contribution in [3.8, 4) is 5.75 Å². The molecule has 0 aliphatic carbocycles. The number of aromatic nitrogens is 2. The molecule has 2 aromatic carbocycles. The summed E-state index contributed by atoms with van der Waals surface area (Å²) in [5.74, 6) is 1.98. The van der Waals surface area contributed by atoms with Crippen molar-refractivity contribution >= 4 is 17.5 Å². The first-order valence-electron chi connectivity index (χ1n) is 11.4. The average molecular weight is 469 g/mol. The van der Waals surface area contributed by atoms with Crippen LogP contribution in [-0.4, -0.2) is 29.7 Å². The van der Waals surface area contributed by atoms with Crippen molar-refractivity contribution in [1.29, 1.82) is 0 Å². The molecule has 1 aliphatic rings. The van der Waals surface area contributed by atoms with E-state index in [-0.39, 0.29) is 11.7 Å². The number of nitrogens with one attached hydrogen (secondary N) is 1. The average Bonchev–Trinajstić information content (AvgIpc) is 3.35. The molecule has 1 unspecified atom stereocenters. The molecule has 1 N–H and O–H groups in total. The second-order valence-electron chi connectivity index (χ2n) is 8.92. The summed E-state index contributed by atoms with van der Waals surface area (Å²) in [5, 5.41) is 3.97. The minimum atomic E-state index is -0.249. The van der Waals surface area contributed by atoms with Crippen LogP contribution in [0.5, 0.6) is 5.75 Å². The topological polar surface area (TPSA) is 50.3 Å². The number of anilines is 1. The summed E-state index contributed by atoms with van der Waals surface area (Å²) in [6, 6.07) is 14.7. The Morgan fingerprint density at radius 3 is 2.36 bits per heavy atom. The molecule has 3 aromatic rings. The number of rotatable bonds is 9. The van der Waals surface area contributed by atoms with E-state index in [4.69, 9.17) is 21.3 Å². The molecule has 1 aromatic heterocycles. The molecule has 0 saturated carbocycles. The highest BCUT2D eigenvalue weighted by molar-refractivity contribution is 6.31. The summed E-state index contributed by atoms with van der Waals surface area (Å²) in [4.78, 5) is 11.5. The first-order chi connectivity index (χ1) is 16.0. The summed E-state index contributed by atoms with van der Waals surface area (Å²) in [6.45, 7) is 7.93. The maximum atomic E-state index is 13.4. The summed E-state index contributed by atoms with van der Waals surface area (Å²) in [7, 11) is 0. The molecule has 1 aliphatic heterocycles. The fraction of sp³-hybridized carbons (Fsp3) is 0.385. The zero-order valence-electron chi connectivity index (χ0n) is 19.1. The van der Waals surface area contributed by atoms with Gasteiger partial charge in [0.25, 0.3) is 0 Å². The Labute approximate surface area is 200 Å². The van der Waals surface area contributed by atoms with Crippen LogP contribution in [0.25, 0.3) is 0 Å². The molecule has 5 nitrogen and oxygen atoms in total. The molecule has 4 rings (SSSR count). The lowest BCUT2D eigenvalue weighted by Crippen LogP contribution is -2.25. The lowest BCUT2D eigenvalue weighted by molar-refractivity contribution is 0.271. The van der Waals surface area contributed by atoms with Crippen LogP contribution in [0.2, 0.25) is 5.02 Å². The van der Waals surface area contributed by atoms with Crippen LogP contribution in [0.4, 0.5) is 10.3 Å². The van der Waals surface area contributed by atoms with Gasteiger partial charge < -0.3 is 15.0 Å². The summed E-state index contributed by atoms with van der Waals surface area (Å²) in [5.41, 5.74) is 2.97. The molecule has 7 heteroatoms. The maximum absolute atomic E-state index is 13.4. The zero-order chi connectivity index (χ0) is 23.2. The molecule has 0 spiro atoms. The van der Waals surface area contributed by atoms with Crippen molar-refractivity contribution in [2.24, 2.45) is 5.92 Å². The lowest BCUT2D eigenvalue weighted by Gasteiger charge is -2.24. The molecule has 174 valence electrons. The second-order valence-corrected chi connectivity index (χ2v) is 9.33. The molecule has 0 bridgehead atoms. The van der Waals surface area contributed by atoms with Gasteiger partial charge in [-0.05, 0) is 54.3 Å². The van der Waals surface area contributed by atoms with Gasteiger partial charge in [-0.25, -0.2) is 14.4 Å². The normalized spacial score (nSPS) is 15.7. The number of benzene rings is 2. The van der Waals surface area contributed by atoms with Crippen LogP contribution >= 0.6 is 11.6 Å². The van der Waals surface area contributed by atoms with Crippen LogP contribution in [0.1, 0.15) is 43.0 Å². The Bertz CT molecular complexity index is 1040. The molecule has 1 atom stereocenters. The van der Waals surface area contributed by atoms with Crippen LogP contribution in [0.3, 0.4) is 0 Å². The van der Waals surface area contributed by atoms with Gasteiger partial charge >= 0.3 is 0 Å². The van der Waals surface area contributed by atoms with E-state index in [1.54, 1.807) is 18.3 Å². The van der Waals surface area contributed by atoms with Gasteiger partial charge in [0.1, 0.15) is 11.6 Å². The van der Waals surface area contributed by atoms with Gasteiger partial charge in [0.15, 0.2) is 0 Å². The van der Waals surface area contributed by atoms with Crippen molar-refractivity contribution in [3.63, 3.8) is 0 Å². The minimum absolute atomic E-state index is 0.249. The van der Waals surface area contributed by atoms with Crippen LogP contribution in [0, 0.1) is 11.7 Å². The van der Waals surface area contributed by atoms with Gasteiger partial charge in [-0.2, -0.15) is 0 Å². The number of halogens is 2. The van der Waals surface area contributed by atoms with Crippen molar-refractivity contribution in [2.45, 2.75) is 39.3 Å². The van der Waals surface area contributed by atoms with Gasteiger partial charge in [-0.1, -0.05) is 49.7 Å². The minimum Gasteiger partial charge on any atom is -0.493 e. The predicted octanol–water partition coefficient (Wildman–Crippen LogP) is 5.59. The fourth-order valence-corrected chi connectivity index (χ4v) is 4.12. The zero-order valence-corrected chi connectivity index (χ0v) is 19.9. The molecule has 0 radical (unpaired) electrons. The van der Waals surface area contributed by atoms with E-state index in [1.165, 1.54) is 12.1 Å². The quantitative estimate of drug-likeness (QED) is 0.443. The van der Waals surface area contributed by atoms with E-state index in [0.29, 0.717) is 36.6 Å². The van der Waals surface area contributed by atoms with Crippen molar-refractivity contribution in [2.75, 3.05) is 24.6 Å². The first kappa shape index (κ1) is 23.5. The third-order valence-corrected chi connectivity index (χ3v) is 5.95. The van der Waals surface area contributed by atoms with Gasteiger partial charge in [-0.3, -0.25) is 0 Å². The maximum Gasteiger partial charge on any atom is 0.226 e. The Morgan fingerprint density at radius 1 is 1.09 bits per heavy atom. The predicted molar refractivity (Wildman–Crippen MR) is 130 cm³/mol. The van der Waals surface area contributed by atoms with Crippen molar-refractivity contribution in [1.82, 2.24) is 15.3 Å². The molecule has 1 fully saturated rings. The molecule has 33 heavy (non-hydrogen) atoms. The van der Waals surface area contributed by atoms with Crippen molar-refractivity contribution < 1.29 is 9.13 Å². The van der Waals surface area contributed by atoms with Crippen LogP contribution < -0.4 is 15.0 Å². The van der Waals surface area contributed by atoms with Crippen LogP contribution in [-0.2, 0) is 13.1 Å². The van der Waals surface area contributed by atoms with E-state index >= 15 is 0 Å². The first-order valence-corrected chi connectivity index (χ1v) is 11.8. The monoisotopic (exact) mass is 468 g/mol. The highest BCUT2D eigenvalue weighted by Gasteiger charge is 2.23. The highest BCUT2D eigenvalue weighted by atomic mass is 35.5. The molecular weight excluding hydrogens is 439 g/mol.